The van der Waals surface area contributed by atoms with Crippen molar-refractivity contribution in [1.29, 1.82) is 0 Å². The molecule has 2 N–H and O–H groups in total. The molecule has 0 aliphatic carbocycles. The maximum atomic E-state index is 12.0. The fourth-order valence-electron chi connectivity index (χ4n) is 3.52. The van der Waals surface area contributed by atoms with E-state index >= 15 is 0 Å². The number of carbonyl (C=O) groups excluding carboxylic acids is 1. The molecule has 1 saturated heterocycles. The Hall–Kier alpha value is -2.54. The van der Waals surface area contributed by atoms with E-state index in [-0.39, 0.29) is 11.9 Å². The van der Waals surface area contributed by atoms with E-state index in [2.05, 4.69) is 4.98 Å². The molecule has 2 heterocycles. The number of benzene rings is 1. The standard InChI is InChI=1S/C18H22N2O5/c1-24-12-3-4-15-13(9-12)14(10-19-15)16(17(21)22)20-7-5-11(6-8-20)18(23)25-2/h3-4,9-11,16,19H,5-8H2,1-2H3,(H,21,22)/t16-/m0/s1. The minimum absolute atomic E-state index is 0.154. The first kappa shape index (κ1) is 17.3. The van der Waals surface area contributed by atoms with Gasteiger partial charge in [0.2, 0.25) is 0 Å². The number of piperidine rings is 1. The van der Waals surface area contributed by atoms with Gasteiger partial charge in [-0.3, -0.25) is 14.5 Å². The number of hydrogen-bond donors (Lipinski definition) is 2. The number of aliphatic carboxylic acids is 1. The van der Waals surface area contributed by atoms with Crippen molar-refractivity contribution in [3.8, 4) is 5.75 Å². The van der Waals surface area contributed by atoms with Crippen LogP contribution in [0.5, 0.6) is 5.75 Å². The highest BCUT2D eigenvalue weighted by atomic mass is 16.5. The summed E-state index contributed by atoms with van der Waals surface area (Å²) in [6.07, 6.45) is 2.94. The number of fused-ring (bicyclic) bond motifs is 1. The summed E-state index contributed by atoms with van der Waals surface area (Å²) in [5.41, 5.74) is 1.57. The molecular weight excluding hydrogens is 324 g/mol. The highest BCUT2D eigenvalue weighted by Gasteiger charge is 2.34. The van der Waals surface area contributed by atoms with E-state index in [4.69, 9.17) is 9.47 Å². The van der Waals surface area contributed by atoms with E-state index in [1.165, 1.54) is 7.11 Å². The summed E-state index contributed by atoms with van der Waals surface area (Å²) >= 11 is 0. The average molecular weight is 346 g/mol. The van der Waals surface area contributed by atoms with Crippen LogP contribution in [0.3, 0.4) is 0 Å². The Morgan fingerprint density at radius 1 is 1.28 bits per heavy atom. The largest absolute Gasteiger partial charge is 0.497 e. The third-order valence-electron chi connectivity index (χ3n) is 4.88. The number of nitrogens with zero attached hydrogens (tertiary/aromatic N) is 1. The molecule has 1 aliphatic heterocycles. The van der Waals surface area contributed by atoms with Gasteiger partial charge in [0, 0.05) is 35.8 Å². The molecule has 0 bridgehead atoms. The lowest BCUT2D eigenvalue weighted by Gasteiger charge is -2.34. The average Bonchev–Trinajstić information content (AvgIpc) is 3.04. The van der Waals surface area contributed by atoms with Gasteiger partial charge in [0.15, 0.2) is 0 Å². The fourth-order valence-corrected chi connectivity index (χ4v) is 3.52. The number of nitrogens with one attached hydrogen (secondary N) is 1. The van der Waals surface area contributed by atoms with Crippen LogP contribution in [0.15, 0.2) is 24.4 Å². The molecule has 1 aliphatic rings. The van der Waals surface area contributed by atoms with Crippen molar-refractivity contribution in [3.05, 3.63) is 30.0 Å². The number of aromatic amines is 1. The van der Waals surface area contributed by atoms with Gasteiger partial charge in [0.05, 0.1) is 20.1 Å². The second-order valence-corrected chi connectivity index (χ2v) is 6.23. The van der Waals surface area contributed by atoms with Crippen molar-refractivity contribution in [2.45, 2.75) is 18.9 Å². The number of carboxylic acid groups (broad SMARTS) is 1. The molecule has 25 heavy (non-hydrogen) atoms. The summed E-state index contributed by atoms with van der Waals surface area (Å²) < 4.78 is 10.1. The van der Waals surface area contributed by atoms with Crippen LogP contribution in [0.4, 0.5) is 0 Å². The highest BCUT2D eigenvalue weighted by Crippen LogP contribution is 2.33. The molecule has 7 nitrogen and oxygen atoms in total. The predicted octanol–water partition coefficient (Wildman–Crippen LogP) is 2.19. The van der Waals surface area contributed by atoms with E-state index in [1.807, 2.05) is 23.1 Å². The van der Waals surface area contributed by atoms with Crippen LogP contribution < -0.4 is 4.74 Å². The molecular formula is C18H22N2O5. The smallest absolute Gasteiger partial charge is 0.325 e. The molecule has 0 spiro atoms. The highest BCUT2D eigenvalue weighted by molar-refractivity contribution is 5.90. The van der Waals surface area contributed by atoms with E-state index in [0.29, 0.717) is 37.2 Å². The van der Waals surface area contributed by atoms with E-state index < -0.39 is 12.0 Å². The van der Waals surface area contributed by atoms with Crippen molar-refractivity contribution in [1.82, 2.24) is 9.88 Å². The lowest BCUT2D eigenvalue weighted by Crippen LogP contribution is -2.41. The van der Waals surface area contributed by atoms with Gasteiger partial charge in [-0.25, -0.2) is 0 Å². The number of aromatic nitrogens is 1. The number of rotatable bonds is 5. The Morgan fingerprint density at radius 2 is 2.00 bits per heavy atom. The van der Waals surface area contributed by atoms with Gasteiger partial charge in [-0.05, 0) is 31.0 Å². The Labute approximate surface area is 145 Å². The van der Waals surface area contributed by atoms with Crippen LogP contribution in [0.25, 0.3) is 10.9 Å². The van der Waals surface area contributed by atoms with E-state index in [0.717, 1.165) is 10.9 Å². The van der Waals surface area contributed by atoms with Crippen LogP contribution in [0.2, 0.25) is 0 Å². The first-order valence-corrected chi connectivity index (χ1v) is 8.25. The Kier molecular flexibility index (Phi) is 4.94. The van der Waals surface area contributed by atoms with Gasteiger partial charge in [-0.15, -0.1) is 0 Å². The molecule has 134 valence electrons. The molecule has 1 fully saturated rings. The number of H-pyrrole nitrogens is 1. The normalized spacial score (nSPS) is 17.4. The van der Waals surface area contributed by atoms with Crippen LogP contribution in [-0.2, 0) is 14.3 Å². The van der Waals surface area contributed by atoms with Gasteiger partial charge in [0.25, 0.3) is 0 Å². The van der Waals surface area contributed by atoms with Gasteiger partial charge >= 0.3 is 11.9 Å². The minimum Gasteiger partial charge on any atom is -0.497 e. The first-order chi connectivity index (χ1) is 12.0. The van der Waals surface area contributed by atoms with Crippen LogP contribution in [-0.4, -0.2) is 54.2 Å². The lowest BCUT2D eigenvalue weighted by molar-refractivity contribution is -0.148. The van der Waals surface area contributed by atoms with Crippen molar-refractivity contribution in [2.75, 3.05) is 27.3 Å². The summed E-state index contributed by atoms with van der Waals surface area (Å²) in [4.78, 5) is 28.7. The fraction of sp³-hybridized carbons (Fsp3) is 0.444. The molecule has 0 unspecified atom stereocenters. The number of hydrogen-bond acceptors (Lipinski definition) is 5. The molecule has 3 rings (SSSR count). The third-order valence-corrected chi connectivity index (χ3v) is 4.88. The van der Waals surface area contributed by atoms with Crippen molar-refractivity contribution < 1.29 is 24.2 Å². The topological polar surface area (TPSA) is 91.9 Å². The number of likely N-dealkylation sites (tertiary alicyclic amines) is 1. The molecule has 0 saturated carbocycles. The molecule has 7 heteroatoms. The molecule has 1 atom stereocenters. The molecule has 2 aromatic rings. The number of carboxylic acids is 1. The molecule has 0 amide bonds. The van der Waals surface area contributed by atoms with Crippen molar-refractivity contribution in [3.63, 3.8) is 0 Å². The quantitative estimate of drug-likeness (QED) is 0.807. The molecule has 0 radical (unpaired) electrons. The predicted molar refractivity (Wildman–Crippen MR) is 91.5 cm³/mol. The van der Waals surface area contributed by atoms with Crippen LogP contribution >= 0.6 is 0 Å². The number of esters is 1. The van der Waals surface area contributed by atoms with E-state index in [9.17, 15) is 14.7 Å². The Balaban J connectivity index is 1.88. The van der Waals surface area contributed by atoms with Crippen LogP contribution in [0, 0.1) is 5.92 Å². The van der Waals surface area contributed by atoms with Gasteiger partial charge < -0.3 is 19.6 Å². The maximum absolute atomic E-state index is 12.0. The summed E-state index contributed by atoms with van der Waals surface area (Å²) in [6.45, 7) is 1.07. The summed E-state index contributed by atoms with van der Waals surface area (Å²) in [7, 11) is 2.97. The Morgan fingerprint density at radius 3 is 2.60 bits per heavy atom. The van der Waals surface area contributed by atoms with Gasteiger partial charge in [0.1, 0.15) is 11.8 Å². The SMILES string of the molecule is COC(=O)C1CCN([C@H](C(=O)O)c2c[nH]c3ccc(OC)cc23)CC1. The first-order valence-electron chi connectivity index (χ1n) is 8.25. The zero-order valence-electron chi connectivity index (χ0n) is 14.3. The minimum atomic E-state index is -0.903. The zero-order valence-corrected chi connectivity index (χ0v) is 14.3. The van der Waals surface area contributed by atoms with Crippen LogP contribution in [0.1, 0.15) is 24.4 Å². The Bertz CT molecular complexity index is 777. The second-order valence-electron chi connectivity index (χ2n) is 6.23. The number of methoxy groups -OCH3 is 2. The van der Waals surface area contributed by atoms with Gasteiger partial charge in [-0.2, -0.15) is 0 Å². The zero-order chi connectivity index (χ0) is 18.0. The third kappa shape index (κ3) is 3.32. The monoisotopic (exact) mass is 346 g/mol. The summed E-state index contributed by atoms with van der Waals surface area (Å²) in [6, 6.07) is 4.79. The summed E-state index contributed by atoms with van der Waals surface area (Å²) in [5, 5.41) is 10.7. The van der Waals surface area contributed by atoms with Crippen molar-refractivity contribution in [2.24, 2.45) is 5.92 Å². The lowest BCUT2D eigenvalue weighted by atomic mass is 9.94. The number of carbonyl (C=O) groups is 2. The van der Waals surface area contributed by atoms with E-state index in [1.54, 1.807) is 13.3 Å². The molecule has 1 aromatic heterocycles. The molecule has 1 aromatic carbocycles. The van der Waals surface area contributed by atoms with Crippen molar-refractivity contribution >= 4 is 22.8 Å². The summed E-state index contributed by atoms with van der Waals surface area (Å²) in [5.74, 6) is -0.593. The maximum Gasteiger partial charge on any atom is 0.325 e. The number of ether oxygens (including phenoxy) is 2. The second kappa shape index (κ2) is 7.14. The van der Waals surface area contributed by atoms with Gasteiger partial charge in [-0.1, -0.05) is 0 Å².